The predicted octanol–water partition coefficient (Wildman–Crippen LogP) is 5.58. The Balaban J connectivity index is 1.51. The van der Waals surface area contributed by atoms with Crippen molar-refractivity contribution in [1.82, 2.24) is 0 Å². The molecule has 1 amide bonds. The lowest BCUT2D eigenvalue weighted by Gasteiger charge is -2.08. The van der Waals surface area contributed by atoms with E-state index in [1.165, 1.54) is 38.2 Å². The van der Waals surface area contributed by atoms with E-state index in [2.05, 4.69) is 18.5 Å². The molecule has 1 N–H and O–H groups in total. The normalized spacial score (nSPS) is 10.8. The van der Waals surface area contributed by atoms with Crippen LogP contribution in [0.1, 0.15) is 55.8 Å². The van der Waals surface area contributed by atoms with E-state index < -0.39 is 0 Å². The van der Waals surface area contributed by atoms with Crippen LogP contribution in [0.15, 0.2) is 57.7 Å². The van der Waals surface area contributed by atoms with Gasteiger partial charge in [-0.1, -0.05) is 39.0 Å². The summed E-state index contributed by atoms with van der Waals surface area (Å²) in [6.45, 7) is 2.90. The molecule has 3 aromatic rings. The molecule has 0 saturated carbocycles. The maximum atomic E-state index is 12.5. The monoisotopic (exact) mass is 392 g/mol. The van der Waals surface area contributed by atoms with Gasteiger partial charge in [0, 0.05) is 17.3 Å². The van der Waals surface area contributed by atoms with Crippen LogP contribution in [0.25, 0.3) is 11.0 Å². The van der Waals surface area contributed by atoms with Crippen molar-refractivity contribution in [2.45, 2.75) is 45.4 Å². The van der Waals surface area contributed by atoms with Crippen molar-refractivity contribution in [3.8, 4) is 5.75 Å². The summed E-state index contributed by atoms with van der Waals surface area (Å²) in [5.41, 5.74) is 1.28. The number of nitrogens with one attached hydrogen (secondary N) is 1. The highest BCUT2D eigenvalue weighted by Crippen LogP contribution is 2.18. The lowest BCUT2D eigenvalue weighted by atomic mass is 10.1. The number of benzene rings is 2. The fourth-order valence-corrected chi connectivity index (χ4v) is 3.09. The van der Waals surface area contributed by atoms with Crippen molar-refractivity contribution in [3.05, 3.63) is 70.6 Å². The number of rotatable bonds is 10. The summed E-state index contributed by atoms with van der Waals surface area (Å²) in [7, 11) is 0. The SMILES string of the molecule is CCCCCCCCOc1ccc(C(=O)Nc2ccc3o[c]cc(=O)c3c2)cc1. The number of carbonyl (C=O) groups excluding carboxylic acids is 1. The molecule has 0 saturated heterocycles. The van der Waals surface area contributed by atoms with Gasteiger partial charge >= 0.3 is 0 Å². The minimum Gasteiger partial charge on any atom is -0.494 e. The lowest BCUT2D eigenvalue weighted by Crippen LogP contribution is -2.12. The number of hydrogen-bond acceptors (Lipinski definition) is 4. The topological polar surface area (TPSA) is 68.5 Å². The maximum Gasteiger partial charge on any atom is 0.255 e. The average molecular weight is 392 g/mol. The van der Waals surface area contributed by atoms with Crippen molar-refractivity contribution in [2.75, 3.05) is 11.9 Å². The van der Waals surface area contributed by atoms with Gasteiger partial charge in [-0.2, -0.15) is 0 Å². The molecule has 0 aliphatic rings. The largest absolute Gasteiger partial charge is 0.494 e. The molecule has 2 aromatic carbocycles. The number of fused-ring (bicyclic) bond motifs is 1. The second kappa shape index (κ2) is 10.5. The van der Waals surface area contributed by atoms with E-state index in [1.54, 1.807) is 42.5 Å². The minimum atomic E-state index is -0.251. The standard InChI is InChI=1S/C24H26NO4/c1-2-3-4-5-6-7-15-28-20-11-8-18(9-12-20)24(27)25-19-10-13-23-21(17-19)22(26)14-16-29-23/h8-14,17H,2-7,15H2,1H3,(H,25,27). The van der Waals surface area contributed by atoms with Gasteiger partial charge in [0.1, 0.15) is 11.3 Å². The first kappa shape index (κ1) is 20.6. The number of unbranched alkanes of at least 4 members (excludes halogenated alkanes) is 5. The third kappa shape index (κ3) is 5.95. The molecule has 151 valence electrons. The Bertz CT molecular complexity index is 992. The van der Waals surface area contributed by atoms with E-state index in [-0.39, 0.29) is 11.3 Å². The fraction of sp³-hybridized carbons (Fsp3) is 0.333. The first-order valence-corrected chi connectivity index (χ1v) is 10.2. The van der Waals surface area contributed by atoms with Crippen molar-refractivity contribution in [3.63, 3.8) is 0 Å². The molecule has 0 unspecified atom stereocenters. The van der Waals surface area contributed by atoms with Crippen LogP contribution in [0.2, 0.25) is 0 Å². The average Bonchev–Trinajstić information content (AvgIpc) is 2.74. The maximum absolute atomic E-state index is 12.5. The van der Waals surface area contributed by atoms with E-state index in [0.717, 1.165) is 12.2 Å². The molecule has 1 heterocycles. The quantitative estimate of drug-likeness (QED) is 0.457. The summed E-state index contributed by atoms with van der Waals surface area (Å²) in [5.74, 6) is 0.508. The Kier molecular flexibility index (Phi) is 7.45. The van der Waals surface area contributed by atoms with Crippen LogP contribution < -0.4 is 15.5 Å². The first-order chi connectivity index (χ1) is 14.2. The van der Waals surface area contributed by atoms with Crippen LogP contribution in [0.5, 0.6) is 5.75 Å². The third-order valence-corrected chi connectivity index (χ3v) is 4.74. The van der Waals surface area contributed by atoms with Crippen molar-refractivity contribution >= 4 is 22.6 Å². The summed E-state index contributed by atoms with van der Waals surface area (Å²) in [6.07, 6.45) is 9.77. The molecule has 1 radical (unpaired) electrons. The fourth-order valence-electron chi connectivity index (χ4n) is 3.09. The summed E-state index contributed by atoms with van der Waals surface area (Å²) in [5, 5.41) is 3.21. The molecule has 0 atom stereocenters. The van der Waals surface area contributed by atoms with Gasteiger partial charge in [0.05, 0.1) is 12.0 Å². The van der Waals surface area contributed by atoms with E-state index in [0.29, 0.717) is 28.8 Å². The third-order valence-electron chi connectivity index (χ3n) is 4.74. The lowest BCUT2D eigenvalue weighted by molar-refractivity contribution is 0.102. The number of anilines is 1. The van der Waals surface area contributed by atoms with Gasteiger partial charge in [0.25, 0.3) is 5.91 Å². The van der Waals surface area contributed by atoms with Gasteiger partial charge in [0.2, 0.25) is 0 Å². The number of amides is 1. The van der Waals surface area contributed by atoms with Crippen LogP contribution in [-0.2, 0) is 0 Å². The van der Waals surface area contributed by atoms with Gasteiger partial charge in [0.15, 0.2) is 11.7 Å². The van der Waals surface area contributed by atoms with Crippen LogP contribution in [0.4, 0.5) is 5.69 Å². The Morgan fingerprint density at radius 1 is 1.03 bits per heavy atom. The molecular weight excluding hydrogens is 366 g/mol. The molecule has 0 spiro atoms. The second-order valence-corrected chi connectivity index (χ2v) is 7.03. The predicted molar refractivity (Wildman–Crippen MR) is 115 cm³/mol. The highest BCUT2D eigenvalue weighted by atomic mass is 16.5. The van der Waals surface area contributed by atoms with Crippen LogP contribution in [0, 0.1) is 6.26 Å². The molecular formula is C24H26NO4. The summed E-state index contributed by atoms with van der Waals surface area (Å²) < 4.78 is 10.9. The Labute approximate surface area is 170 Å². The van der Waals surface area contributed by atoms with Crippen molar-refractivity contribution < 1.29 is 13.9 Å². The molecule has 5 nitrogen and oxygen atoms in total. The minimum absolute atomic E-state index is 0.200. The first-order valence-electron chi connectivity index (χ1n) is 10.2. The van der Waals surface area contributed by atoms with Gasteiger partial charge in [-0.15, -0.1) is 0 Å². The number of hydrogen-bond donors (Lipinski definition) is 1. The zero-order valence-electron chi connectivity index (χ0n) is 16.7. The molecule has 0 fully saturated rings. The molecule has 1 aromatic heterocycles. The Hall–Kier alpha value is -3.08. The van der Waals surface area contributed by atoms with E-state index in [4.69, 9.17) is 9.15 Å². The zero-order chi connectivity index (χ0) is 20.5. The summed E-state index contributed by atoms with van der Waals surface area (Å²) >= 11 is 0. The molecule has 5 heteroatoms. The van der Waals surface area contributed by atoms with Crippen LogP contribution >= 0.6 is 0 Å². The Morgan fingerprint density at radius 3 is 2.59 bits per heavy atom. The smallest absolute Gasteiger partial charge is 0.255 e. The van der Waals surface area contributed by atoms with Gasteiger partial charge in [-0.25, -0.2) is 0 Å². The highest BCUT2D eigenvalue weighted by molar-refractivity contribution is 6.05. The number of ether oxygens (including phenoxy) is 1. The molecule has 0 aliphatic heterocycles. The van der Waals surface area contributed by atoms with E-state index in [1.807, 2.05) is 0 Å². The zero-order valence-corrected chi connectivity index (χ0v) is 16.7. The van der Waals surface area contributed by atoms with Crippen molar-refractivity contribution in [2.24, 2.45) is 0 Å². The van der Waals surface area contributed by atoms with E-state index in [9.17, 15) is 9.59 Å². The molecule has 0 aliphatic carbocycles. The Morgan fingerprint density at radius 2 is 1.79 bits per heavy atom. The van der Waals surface area contributed by atoms with Crippen LogP contribution in [0.3, 0.4) is 0 Å². The summed E-state index contributed by atoms with van der Waals surface area (Å²) in [4.78, 5) is 24.4. The van der Waals surface area contributed by atoms with Gasteiger partial charge in [-0.05, 0) is 48.9 Å². The molecule has 0 bridgehead atoms. The van der Waals surface area contributed by atoms with Crippen molar-refractivity contribution in [1.29, 1.82) is 0 Å². The highest BCUT2D eigenvalue weighted by Gasteiger charge is 2.08. The van der Waals surface area contributed by atoms with Gasteiger partial charge in [-0.3, -0.25) is 9.59 Å². The second-order valence-electron chi connectivity index (χ2n) is 7.03. The van der Waals surface area contributed by atoms with Crippen LogP contribution in [-0.4, -0.2) is 12.5 Å². The van der Waals surface area contributed by atoms with Gasteiger partial charge < -0.3 is 14.5 Å². The van der Waals surface area contributed by atoms with E-state index >= 15 is 0 Å². The summed E-state index contributed by atoms with van der Waals surface area (Å²) in [6, 6.07) is 13.2. The number of carbonyl (C=O) groups is 1. The molecule has 3 rings (SSSR count). The molecule has 29 heavy (non-hydrogen) atoms.